The van der Waals surface area contributed by atoms with E-state index >= 15 is 4.39 Å². The van der Waals surface area contributed by atoms with Gasteiger partial charge in [0.2, 0.25) is 5.88 Å². The second-order valence-corrected chi connectivity index (χ2v) is 8.63. The summed E-state index contributed by atoms with van der Waals surface area (Å²) < 4.78 is 106. The second kappa shape index (κ2) is 11.2. The van der Waals surface area contributed by atoms with E-state index in [0.29, 0.717) is 29.2 Å². The maximum atomic E-state index is 15.3. The summed E-state index contributed by atoms with van der Waals surface area (Å²) in [4.78, 5) is 29.9. The molecule has 0 fully saturated rings. The molecule has 0 radical (unpaired) electrons. The number of halogens is 7. The molecule has 0 spiro atoms. The summed E-state index contributed by atoms with van der Waals surface area (Å²) in [7, 11) is 1.26. The van der Waals surface area contributed by atoms with E-state index in [0.717, 1.165) is 6.92 Å². The molecule has 1 N–H and O–H groups in total. The van der Waals surface area contributed by atoms with Crippen LogP contribution in [0.4, 0.5) is 36.4 Å². The van der Waals surface area contributed by atoms with Crippen LogP contribution < -0.4 is 20.5 Å². The molecule has 1 aromatic carbocycles. The van der Waals surface area contributed by atoms with Crippen LogP contribution in [0.25, 0.3) is 5.69 Å². The van der Waals surface area contributed by atoms with Crippen LogP contribution >= 0.6 is 0 Å². The molecule has 16 heteroatoms. The fourth-order valence-electron chi connectivity index (χ4n) is 3.59. The van der Waals surface area contributed by atoms with Crippen LogP contribution in [0.15, 0.2) is 29.2 Å². The minimum absolute atomic E-state index is 0.0398. The standard InChI is InChI=1S/C24H24F7N5O4/c1-6-35-19(12(3)23(26,27)28)34-36(22(35)38)16-10-17(40-13(4)24(29,30)31)14(9-15(16)25)20(37)33-18-11(2)7-8-32-21(18)39-5/h7-10,12-13H,6H2,1-5H3,(H,33,37)/t12?,13-/m0/s1. The van der Waals surface area contributed by atoms with E-state index in [1.54, 1.807) is 6.92 Å². The first kappa shape index (κ1) is 30.4. The molecule has 2 atom stereocenters. The van der Waals surface area contributed by atoms with E-state index in [2.05, 4.69) is 15.4 Å². The van der Waals surface area contributed by atoms with Gasteiger partial charge < -0.3 is 14.8 Å². The summed E-state index contributed by atoms with van der Waals surface area (Å²) in [5.41, 5.74) is -2.24. The molecule has 0 bridgehead atoms. The molecular weight excluding hydrogens is 555 g/mol. The zero-order chi connectivity index (χ0) is 30.2. The minimum atomic E-state index is -4.92. The highest BCUT2D eigenvalue weighted by atomic mass is 19.4. The van der Waals surface area contributed by atoms with E-state index < -0.39 is 64.6 Å². The summed E-state index contributed by atoms with van der Waals surface area (Å²) in [5, 5.41) is 6.01. The number of rotatable bonds is 8. The third-order valence-corrected chi connectivity index (χ3v) is 5.93. The zero-order valence-electron chi connectivity index (χ0n) is 21.7. The highest BCUT2D eigenvalue weighted by molar-refractivity contribution is 6.07. The number of hydrogen-bond donors (Lipinski definition) is 1. The van der Waals surface area contributed by atoms with Crippen molar-refractivity contribution < 1.29 is 45.0 Å². The van der Waals surface area contributed by atoms with Crippen molar-refractivity contribution in [3.05, 3.63) is 57.6 Å². The lowest BCUT2D eigenvalue weighted by molar-refractivity contribution is -0.189. The van der Waals surface area contributed by atoms with Gasteiger partial charge >= 0.3 is 18.0 Å². The molecule has 1 amide bonds. The molecule has 2 aromatic heterocycles. The van der Waals surface area contributed by atoms with Gasteiger partial charge in [0.05, 0.1) is 12.7 Å². The minimum Gasteiger partial charge on any atom is -0.480 e. The normalized spacial score (nSPS) is 13.6. The summed E-state index contributed by atoms with van der Waals surface area (Å²) in [6.07, 6.45) is -10.8. The van der Waals surface area contributed by atoms with Gasteiger partial charge in [0.25, 0.3) is 5.91 Å². The predicted octanol–water partition coefficient (Wildman–Crippen LogP) is 5.15. The number of anilines is 1. The molecule has 0 aliphatic carbocycles. The van der Waals surface area contributed by atoms with Crippen molar-refractivity contribution in [3.63, 3.8) is 0 Å². The lowest BCUT2D eigenvalue weighted by atomic mass is 10.1. The molecule has 0 saturated carbocycles. The Balaban J connectivity index is 2.20. The molecule has 0 aliphatic heterocycles. The fraction of sp³-hybridized carbons (Fsp3) is 0.417. The van der Waals surface area contributed by atoms with Crippen LogP contribution in [-0.2, 0) is 6.54 Å². The molecule has 0 aliphatic rings. The predicted molar refractivity (Wildman–Crippen MR) is 128 cm³/mol. The Kier molecular flexibility index (Phi) is 8.50. The van der Waals surface area contributed by atoms with Crippen molar-refractivity contribution in [2.45, 2.75) is 58.6 Å². The first-order valence-corrected chi connectivity index (χ1v) is 11.7. The van der Waals surface area contributed by atoms with E-state index in [1.807, 2.05) is 0 Å². The quantitative estimate of drug-likeness (QED) is 0.371. The molecule has 1 unspecified atom stereocenters. The lowest BCUT2D eigenvalue weighted by Crippen LogP contribution is -2.32. The number of alkyl halides is 6. The Morgan fingerprint density at radius 2 is 1.77 bits per heavy atom. The Morgan fingerprint density at radius 1 is 1.12 bits per heavy atom. The first-order valence-electron chi connectivity index (χ1n) is 11.7. The number of nitrogens with one attached hydrogen (secondary N) is 1. The number of aryl methyl sites for hydroxylation is 1. The van der Waals surface area contributed by atoms with Gasteiger partial charge in [-0.2, -0.15) is 31.0 Å². The summed E-state index contributed by atoms with van der Waals surface area (Å²) in [6, 6.07) is 2.59. The van der Waals surface area contributed by atoms with Crippen molar-refractivity contribution in [1.29, 1.82) is 0 Å². The molecule has 3 rings (SSSR count). The summed E-state index contributed by atoms with van der Waals surface area (Å²) >= 11 is 0. The van der Waals surface area contributed by atoms with Crippen LogP contribution in [0.2, 0.25) is 0 Å². The SMILES string of the molecule is CCn1c(C(C)C(F)(F)F)nn(-c2cc(O[C@@H](C)C(F)(F)F)c(C(=O)Nc3c(C)ccnc3OC)cc2F)c1=O. The Labute approximate surface area is 222 Å². The van der Waals surface area contributed by atoms with Crippen molar-refractivity contribution in [2.75, 3.05) is 12.4 Å². The van der Waals surface area contributed by atoms with Crippen molar-refractivity contribution >= 4 is 11.6 Å². The van der Waals surface area contributed by atoms with Gasteiger partial charge in [0.15, 0.2) is 6.10 Å². The topological polar surface area (TPSA) is 100 Å². The molecule has 2 heterocycles. The summed E-state index contributed by atoms with van der Waals surface area (Å²) in [5.74, 6) is -6.30. The van der Waals surface area contributed by atoms with Crippen molar-refractivity contribution in [3.8, 4) is 17.3 Å². The van der Waals surface area contributed by atoms with Crippen LogP contribution in [0, 0.1) is 12.7 Å². The van der Waals surface area contributed by atoms with Gasteiger partial charge in [0, 0.05) is 18.8 Å². The monoisotopic (exact) mass is 579 g/mol. The van der Waals surface area contributed by atoms with Gasteiger partial charge in [-0.05, 0) is 45.4 Å². The number of ether oxygens (including phenoxy) is 2. The lowest BCUT2D eigenvalue weighted by Gasteiger charge is -2.21. The first-order chi connectivity index (χ1) is 18.5. The van der Waals surface area contributed by atoms with Gasteiger partial charge in [-0.25, -0.2) is 14.2 Å². The number of nitrogens with zero attached hydrogens (tertiary/aromatic N) is 4. The van der Waals surface area contributed by atoms with E-state index in [4.69, 9.17) is 9.47 Å². The average molecular weight is 579 g/mol. The Hall–Kier alpha value is -4.11. The largest absolute Gasteiger partial charge is 0.480 e. The molecule has 0 saturated heterocycles. The number of methoxy groups -OCH3 is 1. The number of carbonyl (C=O) groups is 1. The second-order valence-electron chi connectivity index (χ2n) is 8.63. The van der Waals surface area contributed by atoms with Gasteiger partial charge in [-0.3, -0.25) is 9.36 Å². The van der Waals surface area contributed by atoms with Crippen molar-refractivity contribution in [2.24, 2.45) is 0 Å². The number of pyridine rings is 1. The molecule has 40 heavy (non-hydrogen) atoms. The van der Waals surface area contributed by atoms with E-state index in [9.17, 15) is 35.9 Å². The van der Waals surface area contributed by atoms with Crippen LogP contribution in [0.5, 0.6) is 11.6 Å². The van der Waals surface area contributed by atoms with Crippen LogP contribution in [0.3, 0.4) is 0 Å². The summed E-state index contributed by atoms with van der Waals surface area (Å²) in [6.45, 7) is 4.04. The maximum Gasteiger partial charge on any atom is 0.425 e. The molecule has 9 nitrogen and oxygen atoms in total. The maximum absolute atomic E-state index is 15.3. The fourth-order valence-corrected chi connectivity index (χ4v) is 3.59. The molecular formula is C24H24F7N5O4. The smallest absolute Gasteiger partial charge is 0.425 e. The van der Waals surface area contributed by atoms with Crippen LogP contribution in [-0.4, -0.2) is 50.8 Å². The van der Waals surface area contributed by atoms with Gasteiger partial charge in [-0.15, -0.1) is 5.10 Å². The van der Waals surface area contributed by atoms with Crippen molar-refractivity contribution in [1.82, 2.24) is 19.3 Å². The third-order valence-electron chi connectivity index (χ3n) is 5.93. The van der Waals surface area contributed by atoms with E-state index in [-0.39, 0.29) is 22.8 Å². The van der Waals surface area contributed by atoms with Gasteiger partial charge in [-0.1, -0.05) is 0 Å². The third kappa shape index (κ3) is 6.04. The highest BCUT2D eigenvalue weighted by Gasteiger charge is 2.42. The van der Waals surface area contributed by atoms with Crippen LogP contribution in [0.1, 0.15) is 48.4 Å². The Bertz CT molecular complexity index is 1460. The highest BCUT2D eigenvalue weighted by Crippen LogP contribution is 2.35. The zero-order valence-corrected chi connectivity index (χ0v) is 21.7. The number of amides is 1. The van der Waals surface area contributed by atoms with E-state index in [1.165, 1.54) is 26.3 Å². The number of benzene rings is 1. The number of aromatic nitrogens is 4. The Morgan fingerprint density at radius 3 is 2.33 bits per heavy atom. The number of carbonyl (C=O) groups excluding carboxylic acids is 1. The van der Waals surface area contributed by atoms with Gasteiger partial charge in [0.1, 0.15) is 34.7 Å². The average Bonchev–Trinajstić information content (AvgIpc) is 3.19. The number of hydrogen-bond acceptors (Lipinski definition) is 6. The molecule has 218 valence electrons. The molecule has 3 aromatic rings.